The first-order valence-corrected chi connectivity index (χ1v) is 8.48. The Morgan fingerprint density at radius 3 is 2.33 bits per heavy atom. The van der Waals surface area contributed by atoms with Gasteiger partial charge in [0.1, 0.15) is 5.82 Å². The third kappa shape index (κ3) is 4.03. The van der Waals surface area contributed by atoms with E-state index in [1.807, 2.05) is 13.0 Å². The predicted molar refractivity (Wildman–Crippen MR) is 98.2 cm³/mol. The molecular weight excluding hydrogens is 300 g/mol. The van der Waals surface area contributed by atoms with Crippen molar-refractivity contribution in [3.8, 4) is 0 Å². The number of aryl methyl sites for hydroxylation is 1. The molecule has 0 saturated carbocycles. The summed E-state index contributed by atoms with van der Waals surface area (Å²) in [6.07, 6.45) is 0. The first-order chi connectivity index (χ1) is 11.4. The van der Waals surface area contributed by atoms with Crippen LogP contribution in [-0.4, -0.2) is 36.3 Å². The SMILES string of the molecule is Cc1cc(N2CCOCC2)nc(Nc2ccc(C(C)(C)C)cc2)n1. The van der Waals surface area contributed by atoms with Crippen molar-refractivity contribution in [3.05, 3.63) is 41.6 Å². The highest BCUT2D eigenvalue weighted by molar-refractivity contribution is 5.56. The average molecular weight is 326 g/mol. The van der Waals surface area contributed by atoms with Crippen LogP contribution in [0.1, 0.15) is 32.0 Å². The minimum absolute atomic E-state index is 0.155. The summed E-state index contributed by atoms with van der Waals surface area (Å²) < 4.78 is 5.42. The summed E-state index contributed by atoms with van der Waals surface area (Å²) in [6.45, 7) is 11.9. The maximum Gasteiger partial charge on any atom is 0.229 e. The molecule has 1 N–H and O–H groups in total. The Bertz CT molecular complexity index is 686. The number of hydrogen-bond donors (Lipinski definition) is 1. The number of ether oxygens (including phenoxy) is 1. The number of anilines is 3. The molecule has 2 heterocycles. The van der Waals surface area contributed by atoms with Crippen LogP contribution in [0.15, 0.2) is 30.3 Å². The van der Waals surface area contributed by atoms with E-state index in [1.54, 1.807) is 0 Å². The van der Waals surface area contributed by atoms with Crippen LogP contribution in [0.5, 0.6) is 0 Å². The molecular formula is C19H26N4O. The molecule has 128 valence electrons. The molecule has 0 unspecified atom stereocenters. The zero-order valence-corrected chi connectivity index (χ0v) is 15.0. The van der Waals surface area contributed by atoms with Crippen LogP contribution in [0, 0.1) is 6.92 Å². The average Bonchev–Trinajstić information content (AvgIpc) is 2.55. The van der Waals surface area contributed by atoms with E-state index in [2.05, 4.69) is 65.2 Å². The molecule has 5 heteroatoms. The minimum Gasteiger partial charge on any atom is -0.378 e. The van der Waals surface area contributed by atoms with Crippen LogP contribution in [-0.2, 0) is 10.2 Å². The van der Waals surface area contributed by atoms with Crippen molar-refractivity contribution in [2.75, 3.05) is 36.5 Å². The van der Waals surface area contributed by atoms with Crippen molar-refractivity contribution in [1.82, 2.24) is 9.97 Å². The van der Waals surface area contributed by atoms with Gasteiger partial charge in [-0.15, -0.1) is 0 Å². The van der Waals surface area contributed by atoms with Crippen LogP contribution in [0.3, 0.4) is 0 Å². The Morgan fingerprint density at radius 2 is 1.71 bits per heavy atom. The van der Waals surface area contributed by atoms with Gasteiger partial charge in [0, 0.05) is 30.5 Å². The maximum atomic E-state index is 5.42. The van der Waals surface area contributed by atoms with Gasteiger partial charge in [0.05, 0.1) is 13.2 Å². The van der Waals surface area contributed by atoms with E-state index in [1.165, 1.54) is 5.56 Å². The van der Waals surface area contributed by atoms with Crippen molar-refractivity contribution < 1.29 is 4.74 Å². The second kappa shape index (κ2) is 6.77. The fourth-order valence-electron chi connectivity index (χ4n) is 2.74. The largest absolute Gasteiger partial charge is 0.378 e. The van der Waals surface area contributed by atoms with E-state index < -0.39 is 0 Å². The molecule has 3 rings (SSSR count). The Morgan fingerprint density at radius 1 is 1.04 bits per heavy atom. The highest BCUT2D eigenvalue weighted by Crippen LogP contribution is 2.25. The maximum absolute atomic E-state index is 5.42. The lowest BCUT2D eigenvalue weighted by molar-refractivity contribution is 0.122. The quantitative estimate of drug-likeness (QED) is 0.933. The Hall–Kier alpha value is -2.14. The van der Waals surface area contributed by atoms with Gasteiger partial charge in [-0.2, -0.15) is 4.98 Å². The van der Waals surface area contributed by atoms with Crippen molar-refractivity contribution in [2.45, 2.75) is 33.1 Å². The van der Waals surface area contributed by atoms with Crippen LogP contribution in [0.25, 0.3) is 0 Å². The second-order valence-corrected chi connectivity index (χ2v) is 7.24. The fourth-order valence-corrected chi connectivity index (χ4v) is 2.74. The van der Waals surface area contributed by atoms with Gasteiger partial charge >= 0.3 is 0 Å². The number of nitrogens with one attached hydrogen (secondary N) is 1. The van der Waals surface area contributed by atoms with Crippen LogP contribution in [0.4, 0.5) is 17.5 Å². The molecule has 0 spiro atoms. The van der Waals surface area contributed by atoms with E-state index in [4.69, 9.17) is 4.74 Å². The lowest BCUT2D eigenvalue weighted by Crippen LogP contribution is -2.36. The highest BCUT2D eigenvalue weighted by Gasteiger charge is 2.15. The molecule has 0 amide bonds. The molecule has 0 atom stereocenters. The van der Waals surface area contributed by atoms with Gasteiger partial charge in [0.25, 0.3) is 0 Å². The van der Waals surface area contributed by atoms with Gasteiger partial charge in [-0.3, -0.25) is 0 Å². The minimum atomic E-state index is 0.155. The summed E-state index contributed by atoms with van der Waals surface area (Å²) in [5.41, 5.74) is 3.43. The number of morpholine rings is 1. The third-order valence-electron chi connectivity index (χ3n) is 4.18. The van der Waals surface area contributed by atoms with E-state index >= 15 is 0 Å². The molecule has 0 aliphatic carbocycles. The van der Waals surface area contributed by atoms with Gasteiger partial charge < -0.3 is 15.0 Å². The van der Waals surface area contributed by atoms with Crippen molar-refractivity contribution in [2.24, 2.45) is 0 Å². The summed E-state index contributed by atoms with van der Waals surface area (Å²) in [5, 5.41) is 3.32. The van der Waals surface area contributed by atoms with Crippen molar-refractivity contribution >= 4 is 17.5 Å². The van der Waals surface area contributed by atoms with Crippen molar-refractivity contribution in [1.29, 1.82) is 0 Å². The van der Waals surface area contributed by atoms with Gasteiger partial charge in [-0.1, -0.05) is 32.9 Å². The lowest BCUT2D eigenvalue weighted by Gasteiger charge is -2.28. The zero-order valence-electron chi connectivity index (χ0n) is 15.0. The standard InChI is InChI=1S/C19H26N4O/c1-14-13-17(23-9-11-24-12-10-23)22-18(20-14)21-16-7-5-15(6-8-16)19(2,3)4/h5-8,13H,9-12H2,1-4H3,(H,20,21,22). The van der Waals surface area contributed by atoms with Gasteiger partial charge in [0.15, 0.2) is 0 Å². The molecule has 1 aromatic carbocycles. The second-order valence-electron chi connectivity index (χ2n) is 7.24. The molecule has 1 aromatic heterocycles. The molecule has 1 aliphatic heterocycles. The number of benzene rings is 1. The first-order valence-electron chi connectivity index (χ1n) is 8.48. The number of nitrogens with zero attached hydrogens (tertiary/aromatic N) is 3. The molecule has 1 fully saturated rings. The zero-order chi connectivity index (χ0) is 17.2. The Balaban J connectivity index is 1.78. The summed E-state index contributed by atoms with van der Waals surface area (Å²) >= 11 is 0. The molecule has 0 radical (unpaired) electrons. The molecule has 0 bridgehead atoms. The smallest absolute Gasteiger partial charge is 0.229 e. The third-order valence-corrected chi connectivity index (χ3v) is 4.18. The monoisotopic (exact) mass is 326 g/mol. The molecule has 2 aromatic rings. The summed E-state index contributed by atoms with van der Waals surface area (Å²) in [6, 6.07) is 10.5. The number of hydrogen-bond acceptors (Lipinski definition) is 5. The van der Waals surface area contributed by atoms with E-state index in [-0.39, 0.29) is 5.41 Å². The Labute approximate surface area is 144 Å². The van der Waals surface area contributed by atoms with Gasteiger partial charge in [-0.05, 0) is 30.0 Å². The van der Waals surface area contributed by atoms with Crippen molar-refractivity contribution in [3.63, 3.8) is 0 Å². The number of aromatic nitrogens is 2. The van der Waals surface area contributed by atoms with E-state index in [0.29, 0.717) is 5.95 Å². The summed E-state index contributed by atoms with van der Waals surface area (Å²) in [5.74, 6) is 1.60. The summed E-state index contributed by atoms with van der Waals surface area (Å²) in [7, 11) is 0. The van der Waals surface area contributed by atoms with Crippen LogP contribution in [0.2, 0.25) is 0 Å². The molecule has 1 aliphatic rings. The molecule has 24 heavy (non-hydrogen) atoms. The molecule has 1 saturated heterocycles. The fraction of sp³-hybridized carbons (Fsp3) is 0.474. The van der Waals surface area contributed by atoms with Crippen LogP contribution < -0.4 is 10.2 Å². The Kier molecular flexibility index (Phi) is 4.71. The highest BCUT2D eigenvalue weighted by atomic mass is 16.5. The topological polar surface area (TPSA) is 50.3 Å². The summed E-state index contributed by atoms with van der Waals surface area (Å²) in [4.78, 5) is 11.4. The van der Waals surface area contributed by atoms with Gasteiger partial charge in [0.2, 0.25) is 5.95 Å². The predicted octanol–water partition coefficient (Wildman–Crippen LogP) is 3.66. The number of rotatable bonds is 3. The lowest BCUT2D eigenvalue weighted by atomic mass is 9.87. The first kappa shape index (κ1) is 16.7. The molecule has 5 nitrogen and oxygen atoms in total. The van der Waals surface area contributed by atoms with E-state index in [0.717, 1.165) is 43.5 Å². The van der Waals surface area contributed by atoms with E-state index in [9.17, 15) is 0 Å². The van der Waals surface area contributed by atoms with Crippen LogP contribution >= 0.6 is 0 Å². The normalized spacial score (nSPS) is 15.4. The van der Waals surface area contributed by atoms with Gasteiger partial charge in [-0.25, -0.2) is 4.98 Å².